The minimum Gasteiger partial charge on any atom is -0.478 e. The highest BCUT2D eigenvalue weighted by molar-refractivity contribution is 6.05. The summed E-state index contributed by atoms with van der Waals surface area (Å²) in [7, 11) is 0. The second-order valence-corrected chi connectivity index (χ2v) is 5.91. The van der Waals surface area contributed by atoms with Gasteiger partial charge in [-0.05, 0) is 55.3 Å². The monoisotopic (exact) mass is 354 g/mol. The highest BCUT2D eigenvalue weighted by Crippen LogP contribution is 2.17. The lowest BCUT2D eigenvalue weighted by molar-refractivity contribution is -0.124. The Morgan fingerprint density at radius 2 is 1.73 bits per heavy atom. The molecule has 0 radical (unpaired) electrons. The van der Waals surface area contributed by atoms with Gasteiger partial charge in [-0.25, -0.2) is 4.79 Å². The van der Waals surface area contributed by atoms with Crippen LogP contribution in [0.4, 0.5) is 11.4 Å². The third-order valence-corrected chi connectivity index (χ3v) is 4.00. The van der Waals surface area contributed by atoms with Crippen LogP contribution in [0.1, 0.15) is 33.6 Å². The summed E-state index contributed by atoms with van der Waals surface area (Å²) in [6, 6.07) is 12.4. The molecule has 2 aromatic carbocycles. The highest BCUT2D eigenvalue weighted by Gasteiger charge is 2.23. The van der Waals surface area contributed by atoms with E-state index in [1.807, 2.05) is 0 Å². The Balaban J connectivity index is 1.62. The topological polar surface area (TPSA) is 105 Å². The Morgan fingerprint density at radius 1 is 0.962 bits per heavy atom. The molecule has 134 valence electrons. The number of ether oxygens (including phenoxy) is 1. The van der Waals surface area contributed by atoms with Gasteiger partial charge in [0, 0.05) is 23.5 Å². The molecule has 1 aliphatic heterocycles. The number of nitrogens with one attached hydrogen (secondary N) is 2. The Hall–Kier alpha value is -3.19. The van der Waals surface area contributed by atoms with Crippen molar-refractivity contribution >= 4 is 29.2 Å². The molecule has 0 saturated carbocycles. The number of carbonyl (C=O) groups is 3. The molecule has 0 bridgehead atoms. The van der Waals surface area contributed by atoms with Crippen molar-refractivity contribution in [2.75, 3.05) is 17.2 Å². The normalized spacial score (nSPS) is 16.1. The quantitative estimate of drug-likeness (QED) is 0.766. The van der Waals surface area contributed by atoms with E-state index in [2.05, 4.69) is 10.6 Å². The lowest BCUT2D eigenvalue weighted by Gasteiger charge is -2.11. The predicted molar refractivity (Wildman–Crippen MR) is 95.4 cm³/mol. The summed E-state index contributed by atoms with van der Waals surface area (Å²) in [4.78, 5) is 35.2. The largest absolute Gasteiger partial charge is 0.478 e. The molecule has 1 saturated heterocycles. The van der Waals surface area contributed by atoms with Gasteiger partial charge in [0.15, 0.2) is 0 Å². The van der Waals surface area contributed by atoms with E-state index in [-0.39, 0.29) is 17.4 Å². The van der Waals surface area contributed by atoms with Crippen molar-refractivity contribution in [3.8, 4) is 0 Å². The van der Waals surface area contributed by atoms with Gasteiger partial charge in [-0.15, -0.1) is 0 Å². The first-order chi connectivity index (χ1) is 12.5. The van der Waals surface area contributed by atoms with Gasteiger partial charge in [0.2, 0.25) is 0 Å². The average Bonchev–Trinajstić information content (AvgIpc) is 3.17. The summed E-state index contributed by atoms with van der Waals surface area (Å²) in [5.74, 6) is -1.62. The molecule has 1 unspecified atom stereocenters. The Kier molecular flexibility index (Phi) is 5.28. The Morgan fingerprint density at radius 3 is 2.38 bits per heavy atom. The van der Waals surface area contributed by atoms with E-state index in [1.54, 1.807) is 36.4 Å². The maximum Gasteiger partial charge on any atom is 0.335 e. The number of hydrogen-bond acceptors (Lipinski definition) is 4. The van der Waals surface area contributed by atoms with E-state index in [0.29, 0.717) is 30.0 Å². The van der Waals surface area contributed by atoms with Crippen molar-refractivity contribution in [1.29, 1.82) is 0 Å². The molecule has 2 amide bonds. The van der Waals surface area contributed by atoms with Crippen LogP contribution in [0.25, 0.3) is 0 Å². The molecule has 0 spiro atoms. The van der Waals surface area contributed by atoms with E-state index in [9.17, 15) is 14.4 Å². The van der Waals surface area contributed by atoms with Crippen LogP contribution in [-0.4, -0.2) is 35.6 Å². The zero-order valence-corrected chi connectivity index (χ0v) is 13.9. The van der Waals surface area contributed by atoms with Gasteiger partial charge < -0.3 is 20.5 Å². The summed E-state index contributed by atoms with van der Waals surface area (Å²) >= 11 is 0. The minimum atomic E-state index is -1.06. The maximum absolute atomic E-state index is 12.3. The highest BCUT2D eigenvalue weighted by atomic mass is 16.5. The van der Waals surface area contributed by atoms with Gasteiger partial charge in [-0.1, -0.05) is 6.07 Å². The number of hydrogen-bond donors (Lipinski definition) is 3. The lowest BCUT2D eigenvalue weighted by atomic mass is 10.1. The van der Waals surface area contributed by atoms with Crippen LogP contribution < -0.4 is 10.6 Å². The number of carboxylic acids is 1. The molecule has 7 nitrogen and oxygen atoms in total. The molecule has 0 aromatic heterocycles. The molecule has 2 aromatic rings. The van der Waals surface area contributed by atoms with E-state index >= 15 is 0 Å². The van der Waals surface area contributed by atoms with Gasteiger partial charge in [-0.2, -0.15) is 0 Å². The van der Waals surface area contributed by atoms with E-state index in [4.69, 9.17) is 9.84 Å². The molecule has 0 aliphatic carbocycles. The summed E-state index contributed by atoms with van der Waals surface area (Å²) in [5.41, 5.74) is 1.46. The van der Waals surface area contributed by atoms with Crippen LogP contribution in [-0.2, 0) is 9.53 Å². The first kappa shape index (κ1) is 17.6. The number of benzene rings is 2. The third kappa shape index (κ3) is 4.25. The van der Waals surface area contributed by atoms with Crippen molar-refractivity contribution in [2.45, 2.75) is 18.9 Å². The number of anilines is 2. The number of rotatable bonds is 5. The molecule has 7 heteroatoms. The van der Waals surface area contributed by atoms with Crippen molar-refractivity contribution in [3.63, 3.8) is 0 Å². The molecular formula is C19H18N2O5. The van der Waals surface area contributed by atoms with Crippen molar-refractivity contribution in [1.82, 2.24) is 0 Å². The average molecular weight is 354 g/mol. The zero-order valence-electron chi connectivity index (χ0n) is 13.9. The van der Waals surface area contributed by atoms with Crippen LogP contribution in [0, 0.1) is 0 Å². The van der Waals surface area contributed by atoms with Crippen LogP contribution in [0.3, 0.4) is 0 Å². The van der Waals surface area contributed by atoms with Gasteiger partial charge in [0.25, 0.3) is 11.8 Å². The van der Waals surface area contributed by atoms with Gasteiger partial charge >= 0.3 is 5.97 Å². The third-order valence-electron chi connectivity index (χ3n) is 4.00. The van der Waals surface area contributed by atoms with E-state index in [1.165, 1.54) is 12.1 Å². The summed E-state index contributed by atoms with van der Waals surface area (Å²) in [6.45, 7) is 0.597. The SMILES string of the molecule is O=C(O)c1cccc(NC(=O)c2ccc(NC(=O)C3CCCO3)cc2)c1. The summed E-state index contributed by atoms with van der Waals surface area (Å²) in [5, 5.41) is 14.4. The lowest BCUT2D eigenvalue weighted by Crippen LogP contribution is -2.26. The Bertz CT molecular complexity index is 826. The molecule has 26 heavy (non-hydrogen) atoms. The molecule has 3 rings (SSSR count). The molecule has 1 aliphatic rings. The van der Waals surface area contributed by atoms with E-state index in [0.717, 1.165) is 6.42 Å². The first-order valence-electron chi connectivity index (χ1n) is 8.20. The summed E-state index contributed by atoms with van der Waals surface area (Å²) < 4.78 is 5.32. The van der Waals surface area contributed by atoms with E-state index < -0.39 is 12.1 Å². The standard InChI is InChI=1S/C19H18N2O5/c22-17(21-15-4-1-3-13(11-15)19(24)25)12-6-8-14(9-7-12)20-18(23)16-5-2-10-26-16/h1,3-4,6-9,11,16H,2,5,10H2,(H,20,23)(H,21,22)(H,24,25). The second kappa shape index (κ2) is 7.79. The maximum atomic E-state index is 12.3. The fourth-order valence-electron chi connectivity index (χ4n) is 2.65. The van der Waals surface area contributed by atoms with Crippen LogP contribution in [0.5, 0.6) is 0 Å². The molecule has 1 fully saturated rings. The molecule has 1 atom stereocenters. The predicted octanol–water partition coefficient (Wildman–Crippen LogP) is 2.75. The molecular weight excluding hydrogens is 336 g/mol. The molecule has 3 N–H and O–H groups in total. The second-order valence-electron chi connectivity index (χ2n) is 5.91. The van der Waals surface area contributed by atoms with Crippen LogP contribution >= 0.6 is 0 Å². The number of carboxylic acid groups (broad SMARTS) is 1. The zero-order chi connectivity index (χ0) is 18.5. The van der Waals surface area contributed by atoms with Crippen molar-refractivity contribution in [2.24, 2.45) is 0 Å². The number of carbonyl (C=O) groups excluding carboxylic acids is 2. The smallest absolute Gasteiger partial charge is 0.335 e. The van der Waals surface area contributed by atoms with Crippen molar-refractivity contribution < 1.29 is 24.2 Å². The Labute approximate surface area is 150 Å². The fourth-order valence-corrected chi connectivity index (χ4v) is 2.65. The van der Waals surface area contributed by atoms with Gasteiger partial charge in [-0.3, -0.25) is 9.59 Å². The number of aromatic carboxylic acids is 1. The first-order valence-corrected chi connectivity index (χ1v) is 8.20. The number of amides is 2. The fraction of sp³-hybridized carbons (Fsp3) is 0.211. The van der Waals surface area contributed by atoms with Crippen LogP contribution in [0.15, 0.2) is 48.5 Å². The van der Waals surface area contributed by atoms with Gasteiger partial charge in [0.05, 0.1) is 5.56 Å². The molecule has 1 heterocycles. The van der Waals surface area contributed by atoms with Gasteiger partial charge in [0.1, 0.15) is 6.10 Å². The van der Waals surface area contributed by atoms with Crippen LogP contribution in [0.2, 0.25) is 0 Å². The summed E-state index contributed by atoms with van der Waals surface area (Å²) in [6.07, 6.45) is 1.17. The van der Waals surface area contributed by atoms with Crippen molar-refractivity contribution in [3.05, 3.63) is 59.7 Å². The minimum absolute atomic E-state index is 0.0926.